The van der Waals surface area contributed by atoms with E-state index in [-0.39, 0.29) is 18.4 Å². The van der Waals surface area contributed by atoms with Crippen LogP contribution in [0.15, 0.2) is 36.4 Å². The first-order valence-corrected chi connectivity index (χ1v) is 7.89. The summed E-state index contributed by atoms with van der Waals surface area (Å²) in [4.78, 5) is 12.3. The van der Waals surface area contributed by atoms with Crippen molar-refractivity contribution in [2.24, 2.45) is 0 Å². The Kier molecular flexibility index (Phi) is 6.62. The van der Waals surface area contributed by atoms with E-state index in [1.54, 1.807) is 44.6 Å². The van der Waals surface area contributed by atoms with Crippen LogP contribution in [-0.2, 0) is 14.2 Å². The van der Waals surface area contributed by atoms with Crippen molar-refractivity contribution < 1.29 is 23.7 Å². The summed E-state index contributed by atoms with van der Waals surface area (Å²) in [6, 6.07) is 6.85. The van der Waals surface area contributed by atoms with E-state index in [0.717, 1.165) is 19.3 Å². The van der Waals surface area contributed by atoms with Gasteiger partial charge in [0.05, 0.1) is 12.7 Å². The molecule has 0 N–H and O–H groups in total. The predicted octanol–water partition coefficient (Wildman–Crippen LogP) is 3.34. The van der Waals surface area contributed by atoms with Gasteiger partial charge in [-0.2, -0.15) is 0 Å². The van der Waals surface area contributed by atoms with E-state index in [2.05, 4.69) is 6.92 Å². The third kappa shape index (κ3) is 4.81. The molecule has 1 aliphatic heterocycles. The second kappa shape index (κ2) is 8.70. The van der Waals surface area contributed by atoms with E-state index in [1.165, 1.54) is 0 Å². The molecule has 1 heterocycles. The van der Waals surface area contributed by atoms with E-state index in [4.69, 9.17) is 18.9 Å². The second-order valence-corrected chi connectivity index (χ2v) is 5.40. The van der Waals surface area contributed by atoms with Crippen LogP contribution in [0.1, 0.15) is 36.5 Å². The number of carbonyl (C=O) groups excluding carboxylic acids is 1. The van der Waals surface area contributed by atoms with Gasteiger partial charge in [0.1, 0.15) is 18.0 Å². The number of unbranched alkanes of at least 4 members (excludes halogenated alkanes) is 1. The maximum atomic E-state index is 12.3. The molecule has 0 amide bonds. The number of esters is 1. The Hall–Kier alpha value is -1.85. The Morgan fingerprint density at radius 1 is 1.17 bits per heavy atom. The molecule has 1 aliphatic rings. The van der Waals surface area contributed by atoms with Gasteiger partial charge in [-0.05, 0) is 42.8 Å². The summed E-state index contributed by atoms with van der Waals surface area (Å²) in [7, 11) is 3.18. The lowest BCUT2D eigenvalue weighted by atomic mass is 10.0. The quantitative estimate of drug-likeness (QED) is 0.570. The minimum Gasteiger partial charge on any atom is -0.497 e. The van der Waals surface area contributed by atoms with Crippen molar-refractivity contribution in [2.75, 3.05) is 14.2 Å². The van der Waals surface area contributed by atoms with Crippen molar-refractivity contribution in [3.8, 4) is 5.75 Å². The van der Waals surface area contributed by atoms with Gasteiger partial charge >= 0.3 is 5.97 Å². The number of ether oxygens (including phenoxy) is 4. The first-order chi connectivity index (χ1) is 11.2. The van der Waals surface area contributed by atoms with Gasteiger partial charge in [-0.25, -0.2) is 4.79 Å². The number of hydrogen-bond acceptors (Lipinski definition) is 5. The Balaban J connectivity index is 2.03. The van der Waals surface area contributed by atoms with Crippen LogP contribution in [0.3, 0.4) is 0 Å². The molecule has 0 aromatic heterocycles. The van der Waals surface area contributed by atoms with Gasteiger partial charge in [-0.3, -0.25) is 0 Å². The minimum absolute atomic E-state index is 0.188. The van der Waals surface area contributed by atoms with E-state index in [1.807, 2.05) is 6.08 Å². The fourth-order valence-electron chi connectivity index (χ4n) is 2.42. The first kappa shape index (κ1) is 17.5. The van der Waals surface area contributed by atoms with E-state index in [9.17, 15) is 4.79 Å². The van der Waals surface area contributed by atoms with Crippen molar-refractivity contribution in [3.05, 3.63) is 42.0 Å². The van der Waals surface area contributed by atoms with Crippen LogP contribution in [0.25, 0.3) is 0 Å². The molecule has 0 aliphatic carbocycles. The third-order valence-corrected chi connectivity index (χ3v) is 3.78. The van der Waals surface area contributed by atoms with Crippen molar-refractivity contribution in [2.45, 2.75) is 44.7 Å². The molecular formula is C18H24O5. The summed E-state index contributed by atoms with van der Waals surface area (Å²) in [5, 5.41) is 0. The molecule has 0 saturated carbocycles. The fraction of sp³-hybridized carbons (Fsp3) is 0.500. The number of carbonyl (C=O) groups is 1. The van der Waals surface area contributed by atoms with Crippen molar-refractivity contribution in [3.63, 3.8) is 0 Å². The maximum absolute atomic E-state index is 12.3. The summed E-state index contributed by atoms with van der Waals surface area (Å²) in [6.45, 7) is 2.12. The van der Waals surface area contributed by atoms with Gasteiger partial charge in [0.2, 0.25) is 0 Å². The van der Waals surface area contributed by atoms with Crippen LogP contribution < -0.4 is 4.74 Å². The molecule has 5 nitrogen and oxygen atoms in total. The van der Waals surface area contributed by atoms with E-state index >= 15 is 0 Å². The van der Waals surface area contributed by atoms with E-state index in [0.29, 0.717) is 11.3 Å². The summed E-state index contributed by atoms with van der Waals surface area (Å²) in [6.07, 6.45) is 5.53. The van der Waals surface area contributed by atoms with Gasteiger partial charge in [-0.1, -0.05) is 19.8 Å². The minimum atomic E-state index is -0.400. The Labute approximate surface area is 137 Å². The number of hydrogen-bond donors (Lipinski definition) is 0. The van der Waals surface area contributed by atoms with Crippen LogP contribution in [0.5, 0.6) is 5.75 Å². The molecule has 3 atom stereocenters. The summed E-state index contributed by atoms with van der Waals surface area (Å²) in [5.74, 6) is 0.328. The molecule has 23 heavy (non-hydrogen) atoms. The summed E-state index contributed by atoms with van der Waals surface area (Å²) >= 11 is 0. The summed E-state index contributed by atoms with van der Waals surface area (Å²) in [5.41, 5.74) is 0.488. The second-order valence-electron chi connectivity index (χ2n) is 5.40. The van der Waals surface area contributed by atoms with Gasteiger partial charge in [0.15, 0.2) is 6.29 Å². The third-order valence-electron chi connectivity index (χ3n) is 3.78. The fourth-order valence-corrected chi connectivity index (χ4v) is 2.42. The van der Waals surface area contributed by atoms with Gasteiger partial charge in [-0.15, -0.1) is 0 Å². The molecule has 2 rings (SSSR count). The van der Waals surface area contributed by atoms with Crippen LogP contribution in [0.4, 0.5) is 0 Å². The van der Waals surface area contributed by atoms with Crippen LogP contribution in [0, 0.1) is 0 Å². The van der Waals surface area contributed by atoms with Gasteiger partial charge in [0.25, 0.3) is 0 Å². The first-order valence-electron chi connectivity index (χ1n) is 7.89. The normalized spacial score (nSPS) is 23.5. The molecular weight excluding hydrogens is 296 g/mol. The van der Waals surface area contributed by atoms with Crippen LogP contribution in [-0.4, -0.2) is 38.7 Å². The van der Waals surface area contributed by atoms with E-state index < -0.39 is 6.10 Å². The molecule has 1 aromatic rings. The molecule has 0 fully saturated rings. The zero-order valence-corrected chi connectivity index (χ0v) is 13.9. The Morgan fingerprint density at radius 3 is 2.52 bits per heavy atom. The van der Waals surface area contributed by atoms with Crippen LogP contribution >= 0.6 is 0 Å². The monoisotopic (exact) mass is 320 g/mol. The Morgan fingerprint density at radius 2 is 1.91 bits per heavy atom. The zero-order chi connectivity index (χ0) is 16.7. The molecule has 0 saturated heterocycles. The molecule has 0 bridgehead atoms. The molecule has 5 heteroatoms. The molecule has 0 spiro atoms. The predicted molar refractivity (Wildman–Crippen MR) is 86.5 cm³/mol. The lowest BCUT2D eigenvalue weighted by Gasteiger charge is -2.31. The molecule has 0 unspecified atom stereocenters. The molecule has 1 aromatic carbocycles. The topological polar surface area (TPSA) is 54.0 Å². The highest BCUT2D eigenvalue weighted by Crippen LogP contribution is 2.22. The van der Waals surface area contributed by atoms with Crippen molar-refractivity contribution in [1.29, 1.82) is 0 Å². The van der Waals surface area contributed by atoms with Crippen molar-refractivity contribution in [1.82, 2.24) is 0 Å². The molecule has 0 radical (unpaired) electrons. The largest absolute Gasteiger partial charge is 0.497 e. The van der Waals surface area contributed by atoms with Gasteiger partial charge < -0.3 is 18.9 Å². The van der Waals surface area contributed by atoms with Gasteiger partial charge in [0, 0.05) is 7.11 Å². The summed E-state index contributed by atoms with van der Waals surface area (Å²) < 4.78 is 21.7. The SMILES string of the molecule is CCCC[C@H]1O[C@@H](OC)C=C[C@@H]1OC(=O)c1ccc(OC)cc1. The maximum Gasteiger partial charge on any atom is 0.338 e. The average molecular weight is 320 g/mol. The highest BCUT2D eigenvalue weighted by Gasteiger charge is 2.30. The highest BCUT2D eigenvalue weighted by molar-refractivity contribution is 5.89. The average Bonchev–Trinajstić information content (AvgIpc) is 2.60. The standard InChI is InChI=1S/C18H24O5/c1-4-5-6-15-16(11-12-17(21-3)22-15)23-18(19)13-7-9-14(20-2)10-8-13/h7-12,15-17H,4-6H2,1-3H3/t15-,16+,17-/m1/s1. The zero-order valence-electron chi connectivity index (χ0n) is 13.9. The van der Waals surface area contributed by atoms with Crippen LogP contribution in [0.2, 0.25) is 0 Å². The smallest absolute Gasteiger partial charge is 0.338 e. The highest BCUT2D eigenvalue weighted by atomic mass is 16.7. The number of methoxy groups -OCH3 is 2. The van der Waals surface area contributed by atoms with Crippen molar-refractivity contribution >= 4 is 5.97 Å². The lowest BCUT2D eigenvalue weighted by Crippen LogP contribution is -2.38. The lowest BCUT2D eigenvalue weighted by molar-refractivity contribution is -0.160. The number of rotatable bonds is 7. The number of benzene rings is 1. The Bertz CT molecular complexity index is 523. The molecule has 126 valence electrons.